The summed E-state index contributed by atoms with van der Waals surface area (Å²) in [5.74, 6) is 0.928. The molecule has 0 bridgehead atoms. The largest absolute Gasteiger partial charge is 0.496 e. The van der Waals surface area contributed by atoms with Gasteiger partial charge >= 0.3 is 0 Å². The Morgan fingerprint density at radius 1 is 1.20 bits per heavy atom. The van der Waals surface area contributed by atoms with E-state index in [-0.39, 0.29) is 17.9 Å². The molecule has 0 amide bonds. The monoisotopic (exact) mass is 227 g/mol. The summed E-state index contributed by atoms with van der Waals surface area (Å²) in [4.78, 5) is 0. The zero-order valence-corrected chi connectivity index (χ0v) is 9.85. The number of para-hydroxylation sites is 1. The minimum absolute atomic E-state index is 0. The maximum atomic E-state index is 6.38. The summed E-state index contributed by atoms with van der Waals surface area (Å²) >= 11 is 0. The van der Waals surface area contributed by atoms with Gasteiger partial charge < -0.3 is 10.5 Å². The number of halogens is 1. The predicted molar refractivity (Wildman–Crippen MR) is 64.6 cm³/mol. The van der Waals surface area contributed by atoms with Crippen molar-refractivity contribution in [3.63, 3.8) is 0 Å². The molecule has 15 heavy (non-hydrogen) atoms. The topological polar surface area (TPSA) is 35.2 Å². The summed E-state index contributed by atoms with van der Waals surface area (Å²) in [7, 11) is 1.71. The van der Waals surface area contributed by atoms with Gasteiger partial charge in [-0.25, -0.2) is 0 Å². The van der Waals surface area contributed by atoms with E-state index in [1.165, 1.54) is 18.4 Å². The van der Waals surface area contributed by atoms with Crippen molar-refractivity contribution in [1.29, 1.82) is 0 Å². The molecule has 1 saturated carbocycles. The predicted octanol–water partition coefficient (Wildman–Crippen LogP) is 2.85. The van der Waals surface area contributed by atoms with E-state index in [2.05, 4.69) is 6.07 Å². The number of rotatable bonds is 2. The second-order valence-corrected chi connectivity index (χ2v) is 4.06. The summed E-state index contributed by atoms with van der Waals surface area (Å²) in [5.41, 5.74) is 7.40. The van der Waals surface area contributed by atoms with Crippen LogP contribution in [-0.2, 0) is 5.54 Å². The van der Waals surface area contributed by atoms with Crippen LogP contribution in [0.4, 0.5) is 0 Å². The fourth-order valence-corrected chi connectivity index (χ4v) is 2.33. The van der Waals surface area contributed by atoms with Crippen LogP contribution in [0.5, 0.6) is 5.75 Å². The van der Waals surface area contributed by atoms with Crippen LogP contribution in [0.1, 0.15) is 31.2 Å². The van der Waals surface area contributed by atoms with Crippen LogP contribution < -0.4 is 10.5 Å². The van der Waals surface area contributed by atoms with Gasteiger partial charge in [0.05, 0.1) is 7.11 Å². The first-order valence-corrected chi connectivity index (χ1v) is 5.19. The molecule has 0 heterocycles. The Labute approximate surface area is 97.2 Å². The summed E-state index contributed by atoms with van der Waals surface area (Å²) in [6, 6.07) is 8.10. The molecule has 1 fully saturated rings. The number of hydrogen-bond donors (Lipinski definition) is 1. The zero-order valence-electron chi connectivity index (χ0n) is 9.03. The van der Waals surface area contributed by atoms with Crippen LogP contribution >= 0.6 is 12.4 Å². The highest BCUT2D eigenvalue weighted by atomic mass is 35.5. The lowest BCUT2D eigenvalue weighted by Gasteiger charge is -2.26. The van der Waals surface area contributed by atoms with E-state index in [0.29, 0.717) is 0 Å². The number of methoxy groups -OCH3 is 1. The van der Waals surface area contributed by atoms with Crippen LogP contribution in [0.25, 0.3) is 0 Å². The third-order valence-corrected chi connectivity index (χ3v) is 3.14. The van der Waals surface area contributed by atoms with Gasteiger partial charge in [0.15, 0.2) is 0 Å². The standard InChI is InChI=1S/C12H17NO.ClH/c1-14-11-7-3-2-6-10(11)12(13)8-4-5-9-12;/h2-3,6-7H,4-5,8-9,13H2,1H3;1H. The van der Waals surface area contributed by atoms with Crippen molar-refractivity contribution in [2.24, 2.45) is 5.73 Å². The van der Waals surface area contributed by atoms with E-state index in [9.17, 15) is 0 Å². The third kappa shape index (κ3) is 2.27. The second kappa shape index (κ2) is 4.86. The molecule has 0 atom stereocenters. The van der Waals surface area contributed by atoms with Crippen LogP contribution in [0, 0.1) is 0 Å². The van der Waals surface area contributed by atoms with E-state index in [4.69, 9.17) is 10.5 Å². The Hall–Kier alpha value is -0.730. The molecule has 0 spiro atoms. The molecule has 1 aromatic rings. The van der Waals surface area contributed by atoms with E-state index < -0.39 is 0 Å². The molecule has 0 saturated heterocycles. The average molecular weight is 228 g/mol. The van der Waals surface area contributed by atoms with E-state index in [0.717, 1.165) is 18.6 Å². The van der Waals surface area contributed by atoms with Crippen molar-refractivity contribution in [2.75, 3.05) is 7.11 Å². The Bertz CT molecular complexity index is 321. The van der Waals surface area contributed by atoms with Crippen molar-refractivity contribution in [1.82, 2.24) is 0 Å². The maximum Gasteiger partial charge on any atom is 0.123 e. The molecule has 2 N–H and O–H groups in total. The molecule has 1 aliphatic rings. The third-order valence-electron chi connectivity index (χ3n) is 3.14. The maximum absolute atomic E-state index is 6.38. The van der Waals surface area contributed by atoms with Crippen molar-refractivity contribution >= 4 is 12.4 Å². The molecule has 0 aromatic heterocycles. The lowest BCUT2D eigenvalue weighted by atomic mass is 9.89. The number of benzene rings is 1. The minimum atomic E-state index is -0.146. The SMILES string of the molecule is COc1ccccc1C1(N)CCCC1.Cl. The first-order valence-electron chi connectivity index (χ1n) is 5.19. The molecule has 84 valence electrons. The van der Waals surface area contributed by atoms with Crippen LogP contribution in [-0.4, -0.2) is 7.11 Å². The van der Waals surface area contributed by atoms with Crippen LogP contribution in [0.15, 0.2) is 24.3 Å². The number of ether oxygens (including phenoxy) is 1. The molecule has 1 aliphatic carbocycles. The lowest BCUT2D eigenvalue weighted by Crippen LogP contribution is -2.33. The van der Waals surface area contributed by atoms with E-state index >= 15 is 0 Å². The summed E-state index contributed by atoms with van der Waals surface area (Å²) < 4.78 is 5.34. The Morgan fingerprint density at radius 2 is 1.80 bits per heavy atom. The quantitative estimate of drug-likeness (QED) is 0.843. The Morgan fingerprint density at radius 3 is 2.40 bits per heavy atom. The summed E-state index contributed by atoms with van der Waals surface area (Å²) in [6.45, 7) is 0. The molecule has 3 heteroatoms. The smallest absolute Gasteiger partial charge is 0.123 e. The van der Waals surface area contributed by atoms with Gasteiger partial charge in [0.2, 0.25) is 0 Å². The first-order chi connectivity index (χ1) is 6.76. The normalized spacial score (nSPS) is 18.3. The van der Waals surface area contributed by atoms with Gasteiger partial charge in [-0.05, 0) is 18.9 Å². The Balaban J connectivity index is 0.00000112. The van der Waals surface area contributed by atoms with Crippen LogP contribution in [0.2, 0.25) is 0 Å². The van der Waals surface area contributed by atoms with Gasteiger partial charge in [0.25, 0.3) is 0 Å². The fraction of sp³-hybridized carbons (Fsp3) is 0.500. The molecule has 0 aliphatic heterocycles. The van der Waals surface area contributed by atoms with Crippen molar-refractivity contribution in [2.45, 2.75) is 31.2 Å². The average Bonchev–Trinajstić information content (AvgIpc) is 2.66. The fourth-order valence-electron chi connectivity index (χ4n) is 2.33. The van der Waals surface area contributed by atoms with Gasteiger partial charge in [0, 0.05) is 11.1 Å². The van der Waals surface area contributed by atoms with E-state index in [1.54, 1.807) is 7.11 Å². The summed E-state index contributed by atoms with van der Waals surface area (Å²) in [5, 5.41) is 0. The van der Waals surface area contributed by atoms with Gasteiger partial charge in [-0.15, -0.1) is 12.4 Å². The molecule has 2 nitrogen and oxygen atoms in total. The van der Waals surface area contributed by atoms with Gasteiger partial charge in [-0.2, -0.15) is 0 Å². The molecular weight excluding hydrogens is 210 g/mol. The van der Waals surface area contributed by atoms with Gasteiger partial charge in [-0.1, -0.05) is 31.0 Å². The van der Waals surface area contributed by atoms with Gasteiger partial charge in [-0.3, -0.25) is 0 Å². The highest BCUT2D eigenvalue weighted by Crippen LogP contribution is 2.40. The van der Waals surface area contributed by atoms with Crippen molar-refractivity contribution in [3.8, 4) is 5.75 Å². The number of nitrogens with two attached hydrogens (primary N) is 1. The lowest BCUT2D eigenvalue weighted by molar-refractivity contribution is 0.379. The molecular formula is C12H18ClNO. The highest BCUT2D eigenvalue weighted by molar-refractivity contribution is 5.85. The van der Waals surface area contributed by atoms with Crippen molar-refractivity contribution in [3.05, 3.63) is 29.8 Å². The first kappa shape index (κ1) is 12.3. The van der Waals surface area contributed by atoms with E-state index in [1.807, 2.05) is 18.2 Å². The molecule has 0 radical (unpaired) electrons. The molecule has 2 rings (SSSR count). The number of hydrogen-bond acceptors (Lipinski definition) is 2. The zero-order chi connectivity index (χ0) is 10.0. The van der Waals surface area contributed by atoms with Gasteiger partial charge in [0.1, 0.15) is 5.75 Å². The Kier molecular flexibility index (Phi) is 4.00. The molecule has 1 aromatic carbocycles. The van der Waals surface area contributed by atoms with Crippen LogP contribution in [0.3, 0.4) is 0 Å². The highest BCUT2D eigenvalue weighted by Gasteiger charge is 2.33. The minimum Gasteiger partial charge on any atom is -0.496 e. The second-order valence-electron chi connectivity index (χ2n) is 4.06. The summed E-state index contributed by atoms with van der Waals surface area (Å²) in [6.07, 6.45) is 4.61. The molecule has 0 unspecified atom stereocenters. The van der Waals surface area contributed by atoms with Crippen molar-refractivity contribution < 1.29 is 4.74 Å².